The van der Waals surface area contributed by atoms with Crippen LogP contribution in [-0.2, 0) is 0 Å². The van der Waals surface area contributed by atoms with E-state index in [9.17, 15) is 0 Å². The fourth-order valence-electron chi connectivity index (χ4n) is 1.72. The van der Waals surface area contributed by atoms with Crippen LogP contribution in [0.4, 0.5) is 5.95 Å². The zero-order chi connectivity index (χ0) is 13.8. The first-order valence-corrected chi connectivity index (χ1v) is 6.69. The van der Waals surface area contributed by atoms with Gasteiger partial charge in [0, 0.05) is 12.6 Å². The molecule has 0 aliphatic heterocycles. The molecule has 6 nitrogen and oxygen atoms in total. The fraction of sp³-hybridized carbons (Fsp3) is 0.667. The lowest BCUT2D eigenvalue weighted by molar-refractivity contribution is 0.221. The third kappa shape index (κ3) is 3.93. The Kier molecular flexibility index (Phi) is 4.38. The molecule has 19 heavy (non-hydrogen) atoms. The molecule has 1 saturated carbocycles. The van der Waals surface area contributed by atoms with Crippen LogP contribution in [0.15, 0.2) is 0 Å². The summed E-state index contributed by atoms with van der Waals surface area (Å²) in [7, 11) is 0. The van der Waals surface area contributed by atoms with Crippen molar-refractivity contribution in [2.45, 2.75) is 45.3 Å². The van der Waals surface area contributed by atoms with Crippen molar-refractivity contribution in [1.82, 2.24) is 15.0 Å². The van der Waals surface area contributed by atoms with Gasteiger partial charge in [0.05, 0.1) is 18.6 Å². The van der Waals surface area contributed by atoms with Crippen LogP contribution in [0.5, 0.6) is 6.01 Å². The van der Waals surface area contributed by atoms with Crippen molar-refractivity contribution in [3.8, 4) is 12.1 Å². The molecule has 7 heteroatoms. The van der Waals surface area contributed by atoms with E-state index in [2.05, 4.69) is 21.0 Å². The smallest absolute Gasteiger partial charge is 0.322 e. The molecular formula is C12H16ClN5O. The number of hydrogen-bond donors (Lipinski definition) is 0. The van der Waals surface area contributed by atoms with E-state index >= 15 is 0 Å². The van der Waals surface area contributed by atoms with Crippen molar-refractivity contribution in [2.75, 3.05) is 11.4 Å². The standard InChI is InChI=1S/C12H16ClN5O/c1-8(2)19-12-16-10(13)15-11(17-12)18(7-3-6-14)9-4-5-9/h8-9H,3-5,7H2,1-2H3. The zero-order valence-electron chi connectivity index (χ0n) is 11.0. The minimum absolute atomic E-state index is 0.0280. The molecule has 0 unspecified atom stereocenters. The maximum Gasteiger partial charge on any atom is 0.322 e. The van der Waals surface area contributed by atoms with Gasteiger partial charge in [-0.15, -0.1) is 0 Å². The molecule has 0 aromatic carbocycles. The number of aromatic nitrogens is 3. The Hall–Kier alpha value is -1.61. The second-order valence-electron chi connectivity index (χ2n) is 4.69. The molecule has 0 spiro atoms. The van der Waals surface area contributed by atoms with Crippen LogP contribution >= 0.6 is 11.6 Å². The summed E-state index contributed by atoms with van der Waals surface area (Å²) >= 11 is 5.90. The lowest BCUT2D eigenvalue weighted by atomic mass is 10.4. The molecular weight excluding hydrogens is 266 g/mol. The van der Waals surface area contributed by atoms with Gasteiger partial charge in [0.25, 0.3) is 0 Å². The van der Waals surface area contributed by atoms with E-state index in [1.54, 1.807) is 0 Å². The van der Waals surface area contributed by atoms with E-state index < -0.39 is 0 Å². The maximum absolute atomic E-state index is 8.71. The molecule has 2 rings (SSSR count). The van der Waals surface area contributed by atoms with Gasteiger partial charge in [0.2, 0.25) is 11.2 Å². The summed E-state index contributed by atoms with van der Waals surface area (Å²) in [5.41, 5.74) is 0. The van der Waals surface area contributed by atoms with E-state index in [0.717, 1.165) is 12.8 Å². The first-order chi connectivity index (χ1) is 9.10. The Morgan fingerprint density at radius 2 is 2.16 bits per heavy atom. The highest BCUT2D eigenvalue weighted by molar-refractivity contribution is 6.28. The van der Waals surface area contributed by atoms with E-state index in [4.69, 9.17) is 21.6 Å². The second kappa shape index (κ2) is 6.02. The average Bonchev–Trinajstić information content (AvgIpc) is 3.12. The highest BCUT2D eigenvalue weighted by atomic mass is 35.5. The van der Waals surface area contributed by atoms with Crippen molar-refractivity contribution in [2.24, 2.45) is 0 Å². The Labute approximate surface area is 117 Å². The van der Waals surface area contributed by atoms with Crippen molar-refractivity contribution >= 4 is 17.5 Å². The average molecular weight is 282 g/mol. The van der Waals surface area contributed by atoms with Crippen LogP contribution in [0, 0.1) is 11.3 Å². The summed E-state index contributed by atoms with van der Waals surface area (Å²) in [4.78, 5) is 14.4. The molecule has 102 valence electrons. The highest BCUT2D eigenvalue weighted by Gasteiger charge is 2.31. The van der Waals surface area contributed by atoms with Gasteiger partial charge >= 0.3 is 6.01 Å². The first kappa shape index (κ1) is 13.8. The van der Waals surface area contributed by atoms with Crippen LogP contribution in [0.25, 0.3) is 0 Å². The van der Waals surface area contributed by atoms with Gasteiger partial charge in [0.15, 0.2) is 0 Å². The number of ether oxygens (including phenoxy) is 1. The molecule has 0 N–H and O–H groups in total. The van der Waals surface area contributed by atoms with Crippen LogP contribution in [0.2, 0.25) is 5.28 Å². The van der Waals surface area contributed by atoms with Crippen molar-refractivity contribution in [3.05, 3.63) is 5.28 Å². The number of rotatable bonds is 6. The lowest BCUT2D eigenvalue weighted by Crippen LogP contribution is -2.29. The third-order valence-corrected chi connectivity index (χ3v) is 2.79. The van der Waals surface area contributed by atoms with E-state index in [1.807, 2.05) is 18.7 Å². The van der Waals surface area contributed by atoms with Crippen molar-refractivity contribution < 1.29 is 4.74 Å². The SMILES string of the molecule is CC(C)Oc1nc(Cl)nc(N(CCC#N)C2CC2)n1. The zero-order valence-corrected chi connectivity index (χ0v) is 11.8. The summed E-state index contributed by atoms with van der Waals surface area (Å²) in [5, 5.41) is 8.83. The maximum atomic E-state index is 8.71. The normalized spacial score (nSPS) is 14.3. The molecule has 1 heterocycles. The number of hydrogen-bond acceptors (Lipinski definition) is 6. The molecule has 1 aliphatic carbocycles. The van der Waals surface area contributed by atoms with Crippen molar-refractivity contribution in [3.63, 3.8) is 0 Å². The summed E-state index contributed by atoms with van der Waals surface area (Å²) in [6, 6.07) is 2.77. The van der Waals surface area contributed by atoms with Gasteiger partial charge < -0.3 is 9.64 Å². The predicted molar refractivity (Wildman–Crippen MR) is 71.2 cm³/mol. The lowest BCUT2D eigenvalue weighted by Gasteiger charge is -2.21. The van der Waals surface area contributed by atoms with Crippen LogP contribution in [-0.4, -0.2) is 33.6 Å². The third-order valence-electron chi connectivity index (χ3n) is 2.63. The number of nitriles is 1. The molecule has 0 amide bonds. The number of nitrogens with zero attached hydrogens (tertiary/aromatic N) is 5. The van der Waals surface area contributed by atoms with Crippen LogP contribution < -0.4 is 9.64 Å². The monoisotopic (exact) mass is 281 g/mol. The Balaban J connectivity index is 2.20. The number of halogens is 1. The minimum Gasteiger partial charge on any atom is -0.461 e. The fourth-order valence-corrected chi connectivity index (χ4v) is 1.86. The second-order valence-corrected chi connectivity index (χ2v) is 5.02. The van der Waals surface area contributed by atoms with E-state index in [0.29, 0.717) is 25.0 Å². The van der Waals surface area contributed by atoms with E-state index in [1.165, 1.54) is 0 Å². The van der Waals surface area contributed by atoms with Crippen molar-refractivity contribution in [1.29, 1.82) is 5.26 Å². The van der Waals surface area contributed by atoms with E-state index in [-0.39, 0.29) is 17.4 Å². The van der Waals surface area contributed by atoms with Gasteiger partial charge in [-0.1, -0.05) is 0 Å². The summed E-state index contributed by atoms with van der Waals surface area (Å²) in [6.45, 7) is 4.39. The summed E-state index contributed by atoms with van der Waals surface area (Å²) < 4.78 is 5.45. The molecule has 1 fully saturated rings. The molecule has 1 aromatic heterocycles. The van der Waals surface area contributed by atoms with Gasteiger partial charge in [0.1, 0.15) is 0 Å². The van der Waals surface area contributed by atoms with Gasteiger partial charge in [-0.05, 0) is 38.3 Å². The molecule has 0 bridgehead atoms. The Morgan fingerprint density at radius 3 is 2.74 bits per heavy atom. The van der Waals surface area contributed by atoms with Gasteiger partial charge in [-0.25, -0.2) is 0 Å². The minimum atomic E-state index is -0.0280. The predicted octanol–water partition coefficient (Wildman–Crippen LogP) is 2.19. The van der Waals surface area contributed by atoms with Gasteiger partial charge in [-0.2, -0.15) is 20.2 Å². The molecule has 0 atom stereocenters. The quantitative estimate of drug-likeness (QED) is 0.796. The molecule has 1 aliphatic rings. The Bertz CT molecular complexity index is 483. The Morgan fingerprint density at radius 1 is 1.42 bits per heavy atom. The topological polar surface area (TPSA) is 74.9 Å². The van der Waals surface area contributed by atoms with Gasteiger partial charge in [-0.3, -0.25) is 0 Å². The highest BCUT2D eigenvalue weighted by Crippen LogP contribution is 2.30. The van der Waals surface area contributed by atoms with Crippen LogP contribution in [0.1, 0.15) is 33.1 Å². The summed E-state index contributed by atoms with van der Waals surface area (Å²) in [6.07, 6.45) is 2.59. The first-order valence-electron chi connectivity index (χ1n) is 6.32. The largest absolute Gasteiger partial charge is 0.461 e. The summed E-state index contributed by atoms with van der Waals surface area (Å²) in [5.74, 6) is 0.494. The molecule has 0 radical (unpaired) electrons. The molecule has 1 aromatic rings. The molecule has 0 saturated heterocycles. The number of anilines is 1. The van der Waals surface area contributed by atoms with Crippen LogP contribution in [0.3, 0.4) is 0 Å².